The van der Waals surface area contributed by atoms with E-state index in [1.54, 1.807) is 0 Å². The summed E-state index contributed by atoms with van der Waals surface area (Å²) in [5.41, 5.74) is 5.31. The molecule has 1 fully saturated rings. The molecule has 0 aliphatic heterocycles. The van der Waals surface area contributed by atoms with E-state index < -0.39 is 5.54 Å². The lowest BCUT2D eigenvalue weighted by molar-refractivity contribution is -0.121. The molecule has 3 N–H and O–H groups in total. The number of hydrogen-bond acceptors (Lipinski definition) is 5. The van der Waals surface area contributed by atoms with Crippen LogP contribution in [0, 0.1) is 6.92 Å². The van der Waals surface area contributed by atoms with E-state index in [9.17, 15) is 4.79 Å². The second-order valence-corrected chi connectivity index (χ2v) is 5.13. The highest BCUT2D eigenvalue weighted by Gasteiger charge is 2.37. The molecule has 1 aromatic rings. The third-order valence-corrected chi connectivity index (χ3v) is 3.45. The zero-order chi connectivity index (χ0) is 10.9. The Labute approximate surface area is 92.1 Å². The van der Waals surface area contributed by atoms with Crippen molar-refractivity contribution in [2.75, 3.05) is 5.32 Å². The van der Waals surface area contributed by atoms with Gasteiger partial charge in [-0.05, 0) is 19.8 Å². The van der Waals surface area contributed by atoms with Crippen LogP contribution in [0.3, 0.4) is 0 Å². The molecule has 0 atom stereocenters. The van der Waals surface area contributed by atoms with Crippen LogP contribution in [0.4, 0.5) is 5.13 Å². The van der Waals surface area contributed by atoms with Gasteiger partial charge in [-0.25, -0.2) is 0 Å². The van der Waals surface area contributed by atoms with Crippen molar-refractivity contribution in [3.05, 3.63) is 5.01 Å². The number of aryl methyl sites for hydroxylation is 1. The van der Waals surface area contributed by atoms with Gasteiger partial charge in [0.1, 0.15) is 5.01 Å². The molecular weight excluding hydrogens is 212 g/mol. The van der Waals surface area contributed by atoms with E-state index in [2.05, 4.69) is 15.5 Å². The molecule has 1 aliphatic rings. The first-order valence-corrected chi connectivity index (χ1v) is 5.82. The molecule has 0 saturated heterocycles. The largest absolute Gasteiger partial charge is 0.317 e. The summed E-state index contributed by atoms with van der Waals surface area (Å²) in [5, 5.41) is 11.8. The van der Waals surface area contributed by atoms with Gasteiger partial charge in [-0.3, -0.25) is 10.1 Å². The summed E-state index contributed by atoms with van der Waals surface area (Å²) in [6.45, 7) is 1.85. The smallest absolute Gasteiger partial charge is 0.246 e. The van der Waals surface area contributed by atoms with E-state index in [0.29, 0.717) is 5.13 Å². The highest BCUT2D eigenvalue weighted by atomic mass is 32.1. The fraction of sp³-hybridized carbons (Fsp3) is 0.667. The van der Waals surface area contributed by atoms with Gasteiger partial charge in [0.15, 0.2) is 0 Å². The number of nitrogens with one attached hydrogen (secondary N) is 1. The molecule has 1 aromatic heterocycles. The number of aromatic nitrogens is 2. The van der Waals surface area contributed by atoms with E-state index in [4.69, 9.17) is 5.73 Å². The zero-order valence-corrected chi connectivity index (χ0v) is 9.43. The minimum absolute atomic E-state index is 0.129. The molecule has 82 valence electrons. The van der Waals surface area contributed by atoms with Gasteiger partial charge >= 0.3 is 0 Å². The molecule has 0 spiro atoms. The third kappa shape index (κ3) is 2.15. The SMILES string of the molecule is Cc1nnc(NC(=O)C2(N)CCCC2)s1. The molecule has 1 saturated carbocycles. The van der Waals surface area contributed by atoms with Crippen LogP contribution < -0.4 is 11.1 Å². The molecule has 6 heteroatoms. The Balaban J connectivity index is 2.03. The van der Waals surface area contributed by atoms with Crippen molar-refractivity contribution in [3.8, 4) is 0 Å². The second kappa shape index (κ2) is 3.86. The predicted molar refractivity (Wildman–Crippen MR) is 58.7 cm³/mol. The van der Waals surface area contributed by atoms with Crippen LogP contribution in [-0.4, -0.2) is 21.6 Å². The number of amides is 1. The first-order valence-electron chi connectivity index (χ1n) is 5.01. The van der Waals surface area contributed by atoms with Gasteiger partial charge in [-0.2, -0.15) is 0 Å². The summed E-state index contributed by atoms with van der Waals surface area (Å²) < 4.78 is 0. The number of nitrogens with two attached hydrogens (primary N) is 1. The second-order valence-electron chi connectivity index (χ2n) is 3.94. The van der Waals surface area contributed by atoms with Crippen LogP contribution in [0.15, 0.2) is 0 Å². The fourth-order valence-corrected chi connectivity index (χ4v) is 2.39. The van der Waals surface area contributed by atoms with E-state index in [1.165, 1.54) is 11.3 Å². The van der Waals surface area contributed by atoms with Crippen molar-refractivity contribution in [1.82, 2.24) is 10.2 Å². The van der Waals surface area contributed by atoms with Crippen molar-refractivity contribution >= 4 is 22.4 Å². The minimum Gasteiger partial charge on any atom is -0.317 e. The van der Waals surface area contributed by atoms with Crippen LogP contribution in [-0.2, 0) is 4.79 Å². The molecule has 5 nitrogen and oxygen atoms in total. The zero-order valence-electron chi connectivity index (χ0n) is 8.62. The van der Waals surface area contributed by atoms with Crippen molar-refractivity contribution in [1.29, 1.82) is 0 Å². The number of anilines is 1. The van der Waals surface area contributed by atoms with Gasteiger partial charge in [0, 0.05) is 0 Å². The topological polar surface area (TPSA) is 80.9 Å². The van der Waals surface area contributed by atoms with Crippen LogP contribution in [0.25, 0.3) is 0 Å². The van der Waals surface area contributed by atoms with Gasteiger partial charge in [0.25, 0.3) is 0 Å². The maximum absolute atomic E-state index is 11.8. The molecule has 0 radical (unpaired) electrons. The Morgan fingerprint density at radius 3 is 2.67 bits per heavy atom. The van der Waals surface area contributed by atoms with E-state index in [0.717, 1.165) is 30.7 Å². The summed E-state index contributed by atoms with van der Waals surface area (Å²) in [6, 6.07) is 0. The van der Waals surface area contributed by atoms with Crippen LogP contribution in [0.2, 0.25) is 0 Å². The van der Waals surface area contributed by atoms with Crippen molar-refractivity contribution in [3.63, 3.8) is 0 Å². The molecule has 0 aromatic carbocycles. The van der Waals surface area contributed by atoms with E-state index in [1.807, 2.05) is 6.92 Å². The van der Waals surface area contributed by atoms with Crippen molar-refractivity contribution < 1.29 is 4.79 Å². The lowest BCUT2D eigenvalue weighted by Gasteiger charge is -2.20. The summed E-state index contributed by atoms with van der Waals surface area (Å²) in [6.07, 6.45) is 3.57. The lowest BCUT2D eigenvalue weighted by Crippen LogP contribution is -2.48. The number of carbonyl (C=O) groups is 1. The Morgan fingerprint density at radius 2 is 2.13 bits per heavy atom. The fourth-order valence-electron chi connectivity index (χ4n) is 1.80. The minimum atomic E-state index is -0.695. The third-order valence-electron chi connectivity index (χ3n) is 2.69. The highest BCUT2D eigenvalue weighted by Crippen LogP contribution is 2.28. The molecule has 1 heterocycles. The molecule has 1 amide bonds. The van der Waals surface area contributed by atoms with Crippen molar-refractivity contribution in [2.45, 2.75) is 38.1 Å². The molecule has 2 rings (SSSR count). The number of rotatable bonds is 2. The van der Waals surface area contributed by atoms with Crippen molar-refractivity contribution in [2.24, 2.45) is 5.73 Å². The summed E-state index contributed by atoms with van der Waals surface area (Å²) in [5.74, 6) is -0.129. The van der Waals surface area contributed by atoms with Gasteiger partial charge < -0.3 is 5.73 Å². The van der Waals surface area contributed by atoms with Crippen LogP contribution in [0.1, 0.15) is 30.7 Å². The monoisotopic (exact) mass is 226 g/mol. The predicted octanol–water partition coefficient (Wildman–Crippen LogP) is 1.06. The Kier molecular flexibility index (Phi) is 2.70. The van der Waals surface area contributed by atoms with Gasteiger partial charge in [-0.1, -0.05) is 24.2 Å². The molecule has 0 unspecified atom stereocenters. The first kappa shape index (κ1) is 10.5. The summed E-state index contributed by atoms with van der Waals surface area (Å²) in [4.78, 5) is 11.8. The molecular formula is C9H14N4OS. The van der Waals surface area contributed by atoms with Gasteiger partial charge in [0.2, 0.25) is 11.0 Å². The molecule has 1 aliphatic carbocycles. The average Bonchev–Trinajstić information content (AvgIpc) is 2.76. The van der Waals surface area contributed by atoms with E-state index in [-0.39, 0.29) is 5.91 Å². The van der Waals surface area contributed by atoms with Crippen LogP contribution in [0.5, 0.6) is 0 Å². The molecule has 15 heavy (non-hydrogen) atoms. The quantitative estimate of drug-likeness (QED) is 0.790. The summed E-state index contributed by atoms with van der Waals surface area (Å²) in [7, 11) is 0. The Hall–Kier alpha value is -1.01. The Morgan fingerprint density at radius 1 is 1.47 bits per heavy atom. The highest BCUT2D eigenvalue weighted by molar-refractivity contribution is 7.15. The Bertz CT molecular complexity index is 370. The van der Waals surface area contributed by atoms with E-state index >= 15 is 0 Å². The lowest BCUT2D eigenvalue weighted by atomic mass is 9.98. The number of hydrogen-bond donors (Lipinski definition) is 2. The van der Waals surface area contributed by atoms with Gasteiger partial charge in [-0.15, -0.1) is 10.2 Å². The standard InChI is InChI=1S/C9H14N4OS/c1-6-12-13-8(15-6)11-7(14)9(10)4-2-3-5-9/h2-5,10H2,1H3,(H,11,13,14). The van der Waals surface area contributed by atoms with Crippen LogP contribution >= 0.6 is 11.3 Å². The maximum Gasteiger partial charge on any atom is 0.246 e. The first-order chi connectivity index (χ1) is 7.10. The maximum atomic E-state index is 11.8. The average molecular weight is 226 g/mol. The van der Waals surface area contributed by atoms with Gasteiger partial charge in [0.05, 0.1) is 5.54 Å². The summed E-state index contributed by atoms with van der Waals surface area (Å²) >= 11 is 1.36. The number of nitrogens with zero attached hydrogens (tertiary/aromatic N) is 2. The normalized spacial score (nSPS) is 19.1. The number of carbonyl (C=O) groups excluding carboxylic acids is 1. The molecule has 0 bridgehead atoms.